The van der Waals surface area contributed by atoms with Crippen molar-refractivity contribution < 1.29 is 4.79 Å². The Morgan fingerprint density at radius 2 is 2.11 bits per heavy atom. The number of piperidine rings is 1. The molecule has 0 aromatic carbocycles. The predicted molar refractivity (Wildman–Crippen MR) is 79.9 cm³/mol. The van der Waals surface area contributed by atoms with E-state index in [1.54, 1.807) is 0 Å². The molecule has 112 valence electrons. The molecule has 4 heteroatoms. The smallest absolute Gasteiger partial charge is 0.220 e. The number of nitrogens with zero attached hydrogens (tertiary/aromatic N) is 1. The Hall–Kier alpha value is -0.610. The van der Waals surface area contributed by atoms with Gasteiger partial charge in [0.15, 0.2) is 0 Å². The van der Waals surface area contributed by atoms with E-state index in [1.807, 2.05) is 0 Å². The molecule has 1 unspecified atom stereocenters. The quantitative estimate of drug-likeness (QED) is 0.658. The molecule has 4 nitrogen and oxygen atoms in total. The van der Waals surface area contributed by atoms with Crippen LogP contribution in [0.2, 0.25) is 0 Å². The zero-order valence-electron chi connectivity index (χ0n) is 12.7. The van der Waals surface area contributed by atoms with Gasteiger partial charge in [0, 0.05) is 13.0 Å². The molecular formula is C15H31N3O. The number of carbonyl (C=O) groups excluding carboxylic acids is 1. The number of likely N-dealkylation sites (tertiary alicyclic amines) is 1. The topological polar surface area (TPSA) is 58.4 Å². The third-order valence-electron chi connectivity index (χ3n) is 4.12. The highest BCUT2D eigenvalue weighted by Gasteiger charge is 2.14. The maximum atomic E-state index is 11.6. The van der Waals surface area contributed by atoms with Crippen molar-refractivity contribution >= 4 is 5.91 Å². The second kappa shape index (κ2) is 9.32. The summed E-state index contributed by atoms with van der Waals surface area (Å²) in [5.74, 6) is 1.51. The van der Waals surface area contributed by atoms with Crippen LogP contribution in [0.5, 0.6) is 0 Å². The fraction of sp³-hybridized carbons (Fsp3) is 0.933. The average Bonchev–Trinajstić information content (AvgIpc) is 2.42. The molecule has 0 aliphatic carbocycles. The molecule has 1 saturated heterocycles. The summed E-state index contributed by atoms with van der Waals surface area (Å²) < 4.78 is 0. The third-order valence-corrected chi connectivity index (χ3v) is 4.12. The van der Waals surface area contributed by atoms with Gasteiger partial charge in [0.25, 0.3) is 0 Å². The van der Waals surface area contributed by atoms with Gasteiger partial charge in [0.2, 0.25) is 5.91 Å². The lowest BCUT2D eigenvalue weighted by molar-refractivity contribution is -0.121. The molecule has 1 heterocycles. The third kappa shape index (κ3) is 7.53. The number of nitrogens with one attached hydrogen (secondary N) is 1. The second-order valence-corrected chi connectivity index (χ2v) is 6.11. The molecule has 1 aliphatic rings. The number of carbonyl (C=O) groups is 1. The van der Waals surface area contributed by atoms with Crippen LogP contribution < -0.4 is 11.1 Å². The van der Waals surface area contributed by atoms with Gasteiger partial charge in [-0.1, -0.05) is 13.8 Å². The second-order valence-electron chi connectivity index (χ2n) is 6.11. The van der Waals surface area contributed by atoms with E-state index in [4.69, 9.17) is 5.73 Å². The van der Waals surface area contributed by atoms with Crippen molar-refractivity contribution in [2.75, 3.05) is 32.7 Å². The molecule has 0 spiro atoms. The maximum absolute atomic E-state index is 11.6. The number of hydrogen-bond acceptors (Lipinski definition) is 3. The van der Waals surface area contributed by atoms with Gasteiger partial charge in [0.05, 0.1) is 0 Å². The van der Waals surface area contributed by atoms with E-state index >= 15 is 0 Å². The standard InChI is InChI=1S/C15H31N3O/c1-13-6-10-18(11-7-13)9-3-8-17-15(19)5-4-14(2)12-16/h13-14H,3-12,16H2,1-2H3,(H,17,19). The molecule has 0 saturated carbocycles. The number of nitrogens with two attached hydrogens (primary N) is 1. The fourth-order valence-corrected chi connectivity index (χ4v) is 2.40. The summed E-state index contributed by atoms with van der Waals surface area (Å²) in [5, 5.41) is 3.00. The van der Waals surface area contributed by atoms with Crippen LogP contribution in [-0.2, 0) is 4.79 Å². The van der Waals surface area contributed by atoms with Gasteiger partial charge in [0.1, 0.15) is 0 Å². The van der Waals surface area contributed by atoms with Crippen LogP contribution in [0, 0.1) is 11.8 Å². The van der Waals surface area contributed by atoms with Crippen LogP contribution in [0.4, 0.5) is 0 Å². The lowest BCUT2D eigenvalue weighted by Crippen LogP contribution is -2.35. The molecule has 3 N–H and O–H groups in total. The molecule has 1 aliphatic heterocycles. The summed E-state index contributed by atoms with van der Waals surface area (Å²) in [6.07, 6.45) is 5.21. The van der Waals surface area contributed by atoms with E-state index < -0.39 is 0 Å². The molecule has 0 aromatic heterocycles. The Balaban J connectivity index is 1.96. The SMILES string of the molecule is CC(CN)CCC(=O)NCCCN1CCC(C)CC1. The van der Waals surface area contributed by atoms with Crippen LogP contribution in [-0.4, -0.2) is 43.5 Å². The highest BCUT2D eigenvalue weighted by molar-refractivity contribution is 5.75. The van der Waals surface area contributed by atoms with Gasteiger partial charge in [-0.15, -0.1) is 0 Å². The molecule has 0 bridgehead atoms. The summed E-state index contributed by atoms with van der Waals surface area (Å²) in [5.41, 5.74) is 5.54. The zero-order chi connectivity index (χ0) is 14.1. The first-order valence-corrected chi connectivity index (χ1v) is 7.81. The summed E-state index contributed by atoms with van der Waals surface area (Å²) >= 11 is 0. The normalized spacial score (nSPS) is 19.3. The Morgan fingerprint density at radius 1 is 1.42 bits per heavy atom. The van der Waals surface area contributed by atoms with Crippen molar-refractivity contribution in [1.82, 2.24) is 10.2 Å². The van der Waals surface area contributed by atoms with Gasteiger partial charge >= 0.3 is 0 Å². The van der Waals surface area contributed by atoms with Gasteiger partial charge in [-0.05, 0) is 63.7 Å². The molecule has 1 rings (SSSR count). The van der Waals surface area contributed by atoms with E-state index in [0.29, 0.717) is 18.9 Å². The van der Waals surface area contributed by atoms with Crippen LogP contribution in [0.25, 0.3) is 0 Å². The van der Waals surface area contributed by atoms with Gasteiger partial charge in [-0.2, -0.15) is 0 Å². The number of rotatable bonds is 8. The largest absolute Gasteiger partial charge is 0.356 e. The van der Waals surface area contributed by atoms with Crippen molar-refractivity contribution in [3.8, 4) is 0 Å². The minimum atomic E-state index is 0.174. The van der Waals surface area contributed by atoms with E-state index in [2.05, 4.69) is 24.1 Å². The number of hydrogen-bond donors (Lipinski definition) is 2. The molecule has 0 radical (unpaired) electrons. The van der Waals surface area contributed by atoms with Crippen molar-refractivity contribution in [2.24, 2.45) is 17.6 Å². The molecule has 1 fully saturated rings. The Bertz CT molecular complexity index is 250. The lowest BCUT2D eigenvalue weighted by Gasteiger charge is -2.30. The first-order chi connectivity index (χ1) is 9.11. The highest BCUT2D eigenvalue weighted by atomic mass is 16.1. The van der Waals surface area contributed by atoms with E-state index in [0.717, 1.165) is 31.8 Å². The van der Waals surface area contributed by atoms with Gasteiger partial charge in [-0.25, -0.2) is 0 Å². The van der Waals surface area contributed by atoms with E-state index in [1.165, 1.54) is 25.9 Å². The summed E-state index contributed by atoms with van der Waals surface area (Å²) in [4.78, 5) is 14.1. The minimum absolute atomic E-state index is 0.174. The Labute approximate surface area is 118 Å². The minimum Gasteiger partial charge on any atom is -0.356 e. The van der Waals surface area contributed by atoms with Crippen molar-refractivity contribution in [3.05, 3.63) is 0 Å². The maximum Gasteiger partial charge on any atom is 0.220 e. The summed E-state index contributed by atoms with van der Waals surface area (Å²) in [7, 11) is 0. The monoisotopic (exact) mass is 269 g/mol. The molecule has 19 heavy (non-hydrogen) atoms. The van der Waals surface area contributed by atoms with E-state index in [-0.39, 0.29) is 5.91 Å². The number of amides is 1. The fourth-order valence-electron chi connectivity index (χ4n) is 2.40. The van der Waals surface area contributed by atoms with E-state index in [9.17, 15) is 4.79 Å². The Morgan fingerprint density at radius 3 is 2.74 bits per heavy atom. The van der Waals surface area contributed by atoms with Crippen molar-refractivity contribution in [2.45, 2.75) is 46.0 Å². The summed E-state index contributed by atoms with van der Waals surface area (Å²) in [6, 6.07) is 0. The Kier molecular flexibility index (Phi) is 8.07. The lowest BCUT2D eigenvalue weighted by atomic mass is 9.99. The van der Waals surface area contributed by atoms with Gasteiger partial charge < -0.3 is 16.0 Å². The average molecular weight is 269 g/mol. The molecule has 1 atom stereocenters. The summed E-state index contributed by atoms with van der Waals surface area (Å²) in [6.45, 7) is 9.46. The van der Waals surface area contributed by atoms with Crippen LogP contribution in [0.3, 0.4) is 0 Å². The van der Waals surface area contributed by atoms with Crippen molar-refractivity contribution in [1.29, 1.82) is 0 Å². The highest BCUT2D eigenvalue weighted by Crippen LogP contribution is 2.15. The predicted octanol–water partition coefficient (Wildman–Crippen LogP) is 1.60. The van der Waals surface area contributed by atoms with Crippen LogP contribution >= 0.6 is 0 Å². The molecular weight excluding hydrogens is 238 g/mol. The zero-order valence-corrected chi connectivity index (χ0v) is 12.7. The first kappa shape index (κ1) is 16.4. The van der Waals surface area contributed by atoms with Gasteiger partial charge in [-0.3, -0.25) is 4.79 Å². The molecule has 0 aromatic rings. The first-order valence-electron chi connectivity index (χ1n) is 7.81. The van der Waals surface area contributed by atoms with Crippen molar-refractivity contribution in [3.63, 3.8) is 0 Å². The molecule has 1 amide bonds. The van der Waals surface area contributed by atoms with Crippen LogP contribution in [0.15, 0.2) is 0 Å². The van der Waals surface area contributed by atoms with Crippen LogP contribution in [0.1, 0.15) is 46.0 Å².